The van der Waals surface area contributed by atoms with Gasteiger partial charge in [-0.1, -0.05) is 159 Å². The molecular weight excluding hydrogens is 619 g/mol. The fraction of sp³-hybridized carbons (Fsp3) is 0.229. The van der Waals surface area contributed by atoms with Crippen LogP contribution < -0.4 is 0 Å². The van der Waals surface area contributed by atoms with Crippen LogP contribution in [0.15, 0.2) is 151 Å². The quantitative estimate of drug-likeness (QED) is 0.182. The van der Waals surface area contributed by atoms with Crippen molar-refractivity contribution in [3.8, 4) is 22.8 Å². The smallest absolute Gasteiger partial charge is 0.164 e. The van der Waals surface area contributed by atoms with E-state index in [1.807, 2.05) is 0 Å². The van der Waals surface area contributed by atoms with E-state index >= 15 is 0 Å². The number of aromatic nitrogens is 3. The van der Waals surface area contributed by atoms with Crippen LogP contribution >= 0.6 is 0 Å². The lowest BCUT2D eigenvalue weighted by Gasteiger charge is -2.39. The summed E-state index contributed by atoms with van der Waals surface area (Å²) in [5.41, 5.74) is 11.5. The summed E-state index contributed by atoms with van der Waals surface area (Å²) in [6.07, 6.45) is 29.7. The number of nitrogens with zero attached hydrogens (tertiary/aromatic N) is 3. The van der Waals surface area contributed by atoms with E-state index in [-0.39, 0.29) is 5.41 Å². The topological polar surface area (TPSA) is 38.7 Å². The molecule has 9 rings (SSSR count). The molecule has 1 heterocycles. The second-order valence-electron chi connectivity index (χ2n) is 14.4. The number of benzene rings is 4. The van der Waals surface area contributed by atoms with Crippen molar-refractivity contribution in [1.29, 1.82) is 0 Å². The average Bonchev–Trinajstić information content (AvgIpc) is 3.47. The average molecular weight is 662 g/mol. The molecule has 3 heteroatoms. The molecule has 0 spiro atoms. The monoisotopic (exact) mass is 661 g/mol. The Morgan fingerprint density at radius 2 is 1.25 bits per heavy atom. The molecule has 0 aliphatic heterocycles. The normalized spacial score (nSPS) is 18.3. The summed E-state index contributed by atoms with van der Waals surface area (Å²) in [4.78, 5) is 15.3. The lowest BCUT2D eigenvalue weighted by Crippen LogP contribution is -2.30. The minimum Gasteiger partial charge on any atom is -0.208 e. The van der Waals surface area contributed by atoms with Crippen molar-refractivity contribution in [3.05, 3.63) is 173 Å². The maximum absolute atomic E-state index is 5.13. The van der Waals surface area contributed by atoms with Crippen LogP contribution in [-0.4, -0.2) is 15.0 Å². The van der Waals surface area contributed by atoms with E-state index in [2.05, 4.69) is 140 Å². The van der Waals surface area contributed by atoms with Gasteiger partial charge in [-0.3, -0.25) is 0 Å². The molecule has 0 radical (unpaired) electrons. The molecule has 51 heavy (non-hydrogen) atoms. The lowest BCUT2D eigenvalue weighted by atomic mass is 9.65. The van der Waals surface area contributed by atoms with E-state index in [4.69, 9.17) is 15.0 Å². The molecule has 0 bridgehead atoms. The van der Waals surface area contributed by atoms with Gasteiger partial charge in [-0.05, 0) is 89.1 Å². The standard InChI is InChI=1S/C48H43N3/c1-5-16-37(17-6-1)45-49-46(51-47(50-45)44-23-13-19-35-15-8-9-21-43(35)44)38-26-30-40(31-27-38)48(32-10-3-11-33-48)39-28-24-36(25-29-39)42-22-12-18-34-14-4-2-7-20-41(34)42/h4-5,7-9,13-17,19-31H,1-3,6,10-12,18,32-33H2. The van der Waals surface area contributed by atoms with E-state index in [1.54, 1.807) is 0 Å². The third-order valence-electron chi connectivity index (χ3n) is 11.3. The van der Waals surface area contributed by atoms with Gasteiger partial charge >= 0.3 is 0 Å². The molecule has 0 unspecified atom stereocenters. The molecule has 4 aliphatic rings. The van der Waals surface area contributed by atoms with Gasteiger partial charge < -0.3 is 0 Å². The molecule has 3 nitrogen and oxygen atoms in total. The maximum Gasteiger partial charge on any atom is 0.164 e. The summed E-state index contributed by atoms with van der Waals surface area (Å²) >= 11 is 0. The fourth-order valence-electron chi connectivity index (χ4n) is 8.67. The molecule has 250 valence electrons. The molecule has 0 atom stereocenters. The van der Waals surface area contributed by atoms with Gasteiger partial charge in [-0.15, -0.1) is 0 Å². The summed E-state index contributed by atoms with van der Waals surface area (Å²) in [6.45, 7) is 0. The molecular formula is C48H43N3. The minimum absolute atomic E-state index is 0.00171. The summed E-state index contributed by atoms with van der Waals surface area (Å²) in [7, 11) is 0. The van der Waals surface area contributed by atoms with Gasteiger partial charge in [0.15, 0.2) is 17.5 Å². The van der Waals surface area contributed by atoms with Crippen molar-refractivity contribution in [2.24, 2.45) is 0 Å². The number of hydrogen-bond donors (Lipinski definition) is 0. The number of rotatable bonds is 6. The van der Waals surface area contributed by atoms with E-state index in [0.717, 1.165) is 60.0 Å². The lowest BCUT2D eigenvalue weighted by molar-refractivity contribution is 0.346. The van der Waals surface area contributed by atoms with Gasteiger partial charge in [0.1, 0.15) is 0 Å². The summed E-state index contributed by atoms with van der Waals surface area (Å²) < 4.78 is 0. The Kier molecular flexibility index (Phi) is 8.49. The van der Waals surface area contributed by atoms with Crippen LogP contribution in [0.5, 0.6) is 0 Å². The zero-order valence-corrected chi connectivity index (χ0v) is 29.2. The predicted octanol–water partition coefficient (Wildman–Crippen LogP) is 12.3. The van der Waals surface area contributed by atoms with Crippen LogP contribution in [-0.2, 0) is 5.41 Å². The van der Waals surface area contributed by atoms with Crippen LogP contribution in [0.2, 0.25) is 0 Å². The molecule has 0 saturated heterocycles. The second-order valence-corrected chi connectivity index (χ2v) is 14.4. The zero-order chi connectivity index (χ0) is 34.0. The molecule has 5 aromatic rings. The number of hydrogen-bond acceptors (Lipinski definition) is 3. The van der Waals surface area contributed by atoms with Crippen molar-refractivity contribution >= 4 is 21.9 Å². The summed E-state index contributed by atoms with van der Waals surface area (Å²) in [5, 5.41) is 2.33. The van der Waals surface area contributed by atoms with Gasteiger partial charge in [0.05, 0.1) is 0 Å². The van der Waals surface area contributed by atoms with Gasteiger partial charge in [0.25, 0.3) is 0 Å². The number of fused-ring (bicyclic) bond motifs is 1. The second kappa shape index (κ2) is 13.7. The Hall–Kier alpha value is -5.41. The van der Waals surface area contributed by atoms with E-state index in [9.17, 15) is 0 Å². The Labute approximate surface area is 301 Å². The van der Waals surface area contributed by atoms with E-state index in [1.165, 1.54) is 70.9 Å². The van der Waals surface area contributed by atoms with Crippen molar-refractivity contribution in [2.75, 3.05) is 0 Å². The summed E-state index contributed by atoms with van der Waals surface area (Å²) in [6, 6.07) is 33.6. The summed E-state index contributed by atoms with van der Waals surface area (Å²) in [5.74, 6) is 2.16. The van der Waals surface area contributed by atoms with Crippen molar-refractivity contribution in [1.82, 2.24) is 15.0 Å². The van der Waals surface area contributed by atoms with Crippen molar-refractivity contribution in [2.45, 2.75) is 69.6 Å². The SMILES string of the molecule is C1=CC2=C(C=CC1)C(c1ccc(C3(c4ccc(-c5nc(C6=CCCC=C6)nc(-c6cccc7ccccc67)n5)cc4)CCCCC3)cc1)=CCC2. The highest BCUT2D eigenvalue weighted by molar-refractivity contribution is 5.95. The van der Waals surface area contributed by atoms with Gasteiger partial charge in [-0.25, -0.2) is 15.0 Å². The van der Waals surface area contributed by atoms with Gasteiger partial charge in [0.2, 0.25) is 0 Å². The highest BCUT2D eigenvalue weighted by atomic mass is 15.0. The highest BCUT2D eigenvalue weighted by Gasteiger charge is 2.36. The Morgan fingerprint density at radius 3 is 2.06 bits per heavy atom. The Morgan fingerprint density at radius 1 is 0.529 bits per heavy atom. The maximum atomic E-state index is 5.13. The van der Waals surface area contributed by atoms with Crippen LogP contribution in [0.25, 0.3) is 44.7 Å². The number of allylic oxidation sites excluding steroid dienone is 12. The van der Waals surface area contributed by atoms with Gasteiger partial charge in [0, 0.05) is 22.1 Å². The molecule has 1 aromatic heterocycles. The largest absolute Gasteiger partial charge is 0.208 e. The van der Waals surface area contributed by atoms with Crippen LogP contribution in [0.1, 0.15) is 86.7 Å². The molecule has 1 fully saturated rings. The molecule has 0 amide bonds. The Bertz CT molecular complexity index is 2280. The molecule has 1 saturated carbocycles. The first kappa shape index (κ1) is 31.6. The van der Waals surface area contributed by atoms with Crippen molar-refractivity contribution < 1.29 is 0 Å². The molecule has 4 aromatic carbocycles. The minimum atomic E-state index is 0.00171. The van der Waals surface area contributed by atoms with Crippen LogP contribution in [0.4, 0.5) is 0 Å². The van der Waals surface area contributed by atoms with Gasteiger partial charge in [-0.2, -0.15) is 0 Å². The predicted molar refractivity (Wildman–Crippen MR) is 212 cm³/mol. The highest BCUT2D eigenvalue weighted by Crippen LogP contribution is 2.46. The first-order valence-corrected chi connectivity index (χ1v) is 18.9. The fourth-order valence-corrected chi connectivity index (χ4v) is 8.67. The van der Waals surface area contributed by atoms with Crippen LogP contribution in [0.3, 0.4) is 0 Å². The first-order chi connectivity index (χ1) is 25.2. The third kappa shape index (κ3) is 6.05. The molecule has 0 N–H and O–H groups in total. The Balaban J connectivity index is 1.08. The van der Waals surface area contributed by atoms with Crippen LogP contribution in [0, 0.1) is 0 Å². The first-order valence-electron chi connectivity index (χ1n) is 18.9. The van der Waals surface area contributed by atoms with E-state index < -0.39 is 0 Å². The third-order valence-corrected chi connectivity index (χ3v) is 11.3. The molecule has 4 aliphatic carbocycles. The van der Waals surface area contributed by atoms with E-state index in [0.29, 0.717) is 11.6 Å². The van der Waals surface area contributed by atoms with Crippen molar-refractivity contribution in [3.63, 3.8) is 0 Å². The zero-order valence-electron chi connectivity index (χ0n) is 29.2.